The lowest BCUT2D eigenvalue weighted by Crippen LogP contribution is -2.33. The minimum Gasteiger partial charge on any atom is -0.305 e. The minimum absolute atomic E-state index is 0.139. The van der Waals surface area contributed by atoms with Crippen molar-refractivity contribution < 1.29 is 0 Å². The van der Waals surface area contributed by atoms with Gasteiger partial charge in [-0.05, 0) is 39.0 Å². The van der Waals surface area contributed by atoms with Gasteiger partial charge in [-0.2, -0.15) is 0 Å². The van der Waals surface area contributed by atoms with Crippen molar-refractivity contribution >= 4 is 11.3 Å². The van der Waals surface area contributed by atoms with Crippen LogP contribution in [0.3, 0.4) is 0 Å². The van der Waals surface area contributed by atoms with E-state index in [1.54, 1.807) is 0 Å². The average molecular weight is 435 g/mol. The van der Waals surface area contributed by atoms with Gasteiger partial charge in [-0.1, -0.05) is 102 Å². The first kappa shape index (κ1) is 23.7. The smallest absolute Gasteiger partial charge is 0.0372 e. The van der Waals surface area contributed by atoms with Gasteiger partial charge in [-0.3, -0.25) is 0 Å². The summed E-state index contributed by atoms with van der Waals surface area (Å²) in [6.07, 6.45) is 0. The number of hydrogen-bond donors (Lipinski definition) is 2. The fourth-order valence-corrected chi connectivity index (χ4v) is 5.08. The molecule has 0 saturated heterocycles. The predicted molar refractivity (Wildman–Crippen MR) is 135 cm³/mol. The summed E-state index contributed by atoms with van der Waals surface area (Å²) in [6, 6.07) is 24.5. The van der Waals surface area contributed by atoms with Gasteiger partial charge in [0.05, 0.1) is 0 Å². The Morgan fingerprint density at radius 2 is 1.10 bits per heavy atom. The number of nitrogens with one attached hydrogen (secondary N) is 2. The van der Waals surface area contributed by atoms with Crippen molar-refractivity contribution in [3.8, 4) is 0 Å². The Hall–Kier alpha value is -1.94. The zero-order chi connectivity index (χ0) is 22.5. The van der Waals surface area contributed by atoms with Gasteiger partial charge in [-0.25, -0.2) is 0 Å². The highest BCUT2D eigenvalue weighted by Crippen LogP contribution is 2.35. The molecule has 2 nitrogen and oxygen atoms in total. The molecule has 1 aromatic heterocycles. The lowest BCUT2D eigenvalue weighted by atomic mass is 9.82. The first-order chi connectivity index (χ1) is 14.7. The summed E-state index contributed by atoms with van der Waals surface area (Å²) >= 11 is 1.85. The SMILES string of the molecule is CC(C)(C)[C@H](NCc1ccsc1CN[C@@H](c1ccccc1)C(C)(C)C)c1ccccc1. The van der Waals surface area contributed by atoms with Crippen molar-refractivity contribution in [2.24, 2.45) is 10.8 Å². The molecule has 1 heterocycles. The molecule has 0 bridgehead atoms. The molecule has 0 aliphatic rings. The van der Waals surface area contributed by atoms with Crippen LogP contribution < -0.4 is 10.6 Å². The van der Waals surface area contributed by atoms with Crippen molar-refractivity contribution in [3.05, 3.63) is 93.7 Å². The Balaban J connectivity index is 1.70. The van der Waals surface area contributed by atoms with Crippen LogP contribution >= 0.6 is 11.3 Å². The molecule has 0 amide bonds. The second kappa shape index (κ2) is 10.1. The second-order valence-corrected chi connectivity index (χ2v) is 11.6. The maximum atomic E-state index is 3.85. The fourth-order valence-electron chi connectivity index (χ4n) is 4.23. The van der Waals surface area contributed by atoms with E-state index in [-0.39, 0.29) is 10.8 Å². The van der Waals surface area contributed by atoms with E-state index in [1.807, 2.05) is 11.3 Å². The molecule has 166 valence electrons. The van der Waals surface area contributed by atoms with Gasteiger partial charge in [0.2, 0.25) is 0 Å². The Morgan fingerprint density at radius 3 is 1.55 bits per heavy atom. The second-order valence-electron chi connectivity index (χ2n) is 10.6. The summed E-state index contributed by atoms with van der Waals surface area (Å²) in [5, 5.41) is 9.92. The Morgan fingerprint density at radius 1 is 0.645 bits per heavy atom. The van der Waals surface area contributed by atoms with Gasteiger partial charge in [0, 0.05) is 30.1 Å². The quantitative estimate of drug-likeness (QED) is 0.383. The monoisotopic (exact) mass is 434 g/mol. The number of rotatable bonds is 8. The molecule has 3 aromatic rings. The summed E-state index contributed by atoms with van der Waals surface area (Å²) in [4.78, 5) is 1.42. The summed E-state index contributed by atoms with van der Waals surface area (Å²) < 4.78 is 0. The Labute approximate surface area is 193 Å². The topological polar surface area (TPSA) is 24.1 Å². The van der Waals surface area contributed by atoms with E-state index < -0.39 is 0 Å². The number of thiophene rings is 1. The van der Waals surface area contributed by atoms with Gasteiger partial charge in [0.1, 0.15) is 0 Å². The first-order valence-electron chi connectivity index (χ1n) is 11.3. The molecule has 2 aromatic carbocycles. The van der Waals surface area contributed by atoms with Crippen LogP contribution in [0.5, 0.6) is 0 Å². The van der Waals surface area contributed by atoms with Crippen LogP contribution in [0, 0.1) is 10.8 Å². The van der Waals surface area contributed by atoms with Gasteiger partial charge in [0.15, 0.2) is 0 Å². The summed E-state index contributed by atoms with van der Waals surface area (Å²) in [7, 11) is 0. The fraction of sp³-hybridized carbons (Fsp3) is 0.429. The van der Waals surface area contributed by atoms with Crippen molar-refractivity contribution in [3.63, 3.8) is 0 Å². The van der Waals surface area contributed by atoms with E-state index in [4.69, 9.17) is 0 Å². The Bertz CT molecular complexity index is 841. The van der Waals surface area contributed by atoms with Crippen LogP contribution in [0.25, 0.3) is 0 Å². The molecular weight excluding hydrogens is 396 g/mol. The van der Waals surface area contributed by atoms with Gasteiger partial charge >= 0.3 is 0 Å². The number of hydrogen-bond acceptors (Lipinski definition) is 3. The third-order valence-corrected chi connectivity index (χ3v) is 6.76. The van der Waals surface area contributed by atoms with E-state index in [0.717, 1.165) is 13.1 Å². The Kier molecular flexibility index (Phi) is 7.74. The molecule has 0 fully saturated rings. The van der Waals surface area contributed by atoms with Gasteiger partial charge in [0.25, 0.3) is 0 Å². The molecule has 2 N–H and O–H groups in total. The molecule has 0 aliphatic carbocycles. The van der Waals surface area contributed by atoms with Crippen molar-refractivity contribution in [1.29, 1.82) is 0 Å². The highest BCUT2D eigenvalue weighted by atomic mass is 32.1. The van der Waals surface area contributed by atoms with Crippen LogP contribution in [0.2, 0.25) is 0 Å². The zero-order valence-corrected chi connectivity index (χ0v) is 20.7. The normalized spacial score (nSPS) is 14.4. The van der Waals surface area contributed by atoms with Crippen LogP contribution in [0.1, 0.15) is 75.2 Å². The van der Waals surface area contributed by atoms with Crippen molar-refractivity contribution in [1.82, 2.24) is 10.6 Å². The summed E-state index contributed by atoms with van der Waals surface area (Å²) in [5.41, 5.74) is 4.37. The minimum atomic E-state index is 0.139. The molecular formula is C28H38N2S. The lowest BCUT2D eigenvalue weighted by Gasteiger charge is -2.33. The maximum Gasteiger partial charge on any atom is 0.0372 e. The predicted octanol–water partition coefficient (Wildman–Crippen LogP) is 7.50. The largest absolute Gasteiger partial charge is 0.305 e. The van der Waals surface area contributed by atoms with Crippen LogP contribution in [-0.4, -0.2) is 0 Å². The molecule has 0 radical (unpaired) electrons. The van der Waals surface area contributed by atoms with Crippen LogP contribution in [0.4, 0.5) is 0 Å². The number of benzene rings is 2. The molecule has 0 unspecified atom stereocenters. The maximum absolute atomic E-state index is 3.85. The van der Waals surface area contributed by atoms with Crippen molar-refractivity contribution in [2.75, 3.05) is 0 Å². The first-order valence-corrected chi connectivity index (χ1v) is 12.2. The summed E-state index contributed by atoms with van der Waals surface area (Å²) in [5.74, 6) is 0. The molecule has 3 heteroatoms. The molecule has 0 spiro atoms. The summed E-state index contributed by atoms with van der Waals surface area (Å²) in [6.45, 7) is 15.6. The average Bonchev–Trinajstić information content (AvgIpc) is 3.15. The molecule has 0 saturated carbocycles. The van der Waals surface area contributed by atoms with E-state index in [0.29, 0.717) is 12.1 Å². The van der Waals surface area contributed by atoms with E-state index in [2.05, 4.69) is 124 Å². The molecule has 3 rings (SSSR count). The zero-order valence-electron chi connectivity index (χ0n) is 19.9. The van der Waals surface area contributed by atoms with E-state index in [1.165, 1.54) is 21.6 Å². The van der Waals surface area contributed by atoms with Gasteiger partial charge < -0.3 is 10.6 Å². The molecule has 31 heavy (non-hydrogen) atoms. The highest BCUT2D eigenvalue weighted by Gasteiger charge is 2.27. The highest BCUT2D eigenvalue weighted by molar-refractivity contribution is 7.10. The standard InChI is InChI=1S/C28H38N2S/c1-27(2,3)25(21-13-9-7-10-14-21)29-19-23-17-18-31-24(23)20-30-26(28(4,5)6)22-15-11-8-12-16-22/h7-18,25-26,29-30H,19-20H2,1-6H3/t25-,26+/m1/s1. The molecule has 0 aliphatic heterocycles. The van der Waals surface area contributed by atoms with Gasteiger partial charge in [-0.15, -0.1) is 11.3 Å². The van der Waals surface area contributed by atoms with E-state index >= 15 is 0 Å². The van der Waals surface area contributed by atoms with Crippen molar-refractivity contribution in [2.45, 2.75) is 66.7 Å². The van der Waals surface area contributed by atoms with Crippen LogP contribution in [-0.2, 0) is 13.1 Å². The lowest BCUT2D eigenvalue weighted by molar-refractivity contribution is 0.268. The molecule has 2 atom stereocenters. The third-order valence-electron chi connectivity index (χ3n) is 5.80. The van der Waals surface area contributed by atoms with E-state index in [9.17, 15) is 0 Å². The van der Waals surface area contributed by atoms with Crippen LogP contribution in [0.15, 0.2) is 72.1 Å². The third kappa shape index (κ3) is 6.52.